The van der Waals surface area contributed by atoms with Crippen molar-refractivity contribution in [1.82, 2.24) is 0 Å². The maximum absolute atomic E-state index is 11.1. The van der Waals surface area contributed by atoms with Crippen LogP contribution < -0.4 is 0 Å². The predicted octanol–water partition coefficient (Wildman–Crippen LogP) is 1.26. The van der Waals surface area contributed by atoms with Crippen LogP contribution in [0.4, 0.5) is 0 Å². The van der Waals surface area contributed by atoms with E-state index in [-0.39, 0.29) is 12.6 Å². The van der Waals surface area contributed by atoms with Crippen molar-refractivity contribution in [2.24, 2.45) is 0 Å². The molecule has 0 aromatic heterocycles. The smallest absolute Gasteiger partial charge is 0.205 e. The van der Waals surface area contributed by atoms with Crippen LogP contribution in [-0.4, -0.2) is 53.4 Å². The van der Waals surface area contributed by atoms with E-state index in [1.807, 2.05) is 0 Å². The van der Waals surface area contributed by atoms with Crippen LogP contribution in [0.5, 0.6) is 46.0 Å². The first-order valence-corrected chi connectivity index (χ1v) is 6.84. The topological polar surface area (TPSA) is 196 Å². The Morgan fingerprint density at radius 3 is 0.923 bits per heavy atom. The Morgan fingerprint density at radius 1 is 0.385 bits per heavy atom. The van der Waals surface area contributed by atoms with Gasteiger partial charge in [0.25, 0.3) is 0 Å². The second-order valence-corrected chi connectivity index (χ2v) is 5.35. The van der Waals surface area contributed by atoms with E-state index in [2.05, 4.69) is 0 Å². The Bertz CT molecular complexity index is 1060. The fraction of sp³-hybridized carbons (Fsp3) is 0. The van der Waals surface area contributed by atoms with Gasteiger partial charge in [0, 0.05) is 0 Å². The predicted molar refractivity (Wildman–Crippen MR) is 85.5 cm³/mol. The van der Waals surface area contributed by atoms with Gasteiger partial charge in [-0.2, -0.15) is 0 Å². The van der Waals surface area contributed by atoms with E-state index in [9.17, 15) is 50.4 Å². The van der Waals surface area contributed by atoms with Gasteiger partial charge in [-0.25, -0.2) is 0 Å². The van der Waals surface area contributed by atoms with Crippen molar-refractivity contribution in [3.63, 3.8) is 0 Å². The zero-order valence-electron chi connectivity index (χ0n) is 12.5. The van der Waals surface area contributed by atoms with Crippen molar-refractivity contribution in [3.05, 3.63) is 11.1 Å². The number of fused-ring (bicyclic) bond motifs is 2. The van der Waals surface area contributed by atoms with Crippen LogP contribution in [0.1, 0.15) is 20.7 Å². The Morgan fingerprint density at radius 2 is 0.654 bits per heavy atom. The van der Waals surface area contributed by atoms with Crippen LogP contribution in [0.2, 0.25) is 0 Å². The standard InChI is InChI=1S/C16H10O10/c17-1-3-4(2-18)10(20)6-5(9(3)19)11(21)7-8(12(6)22)14(24)16(26)15(25)13(7)23/h1-2,19-26H. The van der Waals surface area contributed by atoms with Crippen LogP contribution in [0, 0.1) is 0 Å². The molecule has 0 saturated heterocycles. The summed E-state index contributed by atoms with van der Waals surface area (Å²) < 4.78 is 0. The molecule has 134 valence electrons. The highest BCUT2D eigenvalue weighted by molar-refractivity contribution is 6.22. The monoisotopic (exact) mass is 362 g/mol. The highest BCUT2D eigenvalue weighted by atomic mass is 16.3. The molecule has 0 aliphatic carbocycles. The quantitative estimate of drug-likeness (QED) is 0.142. The summed E-state index contributed by atoms with van der Waals surface area (Å²) in [5.41, 5.74) is -1.41. The Kier molecular flexibility index (Phi) is 3.36. The number of aldehydes is 2. The summed E-state index contributed by atoms with van der Waals surface area (Å²) in [4.78, 5) is 22.3. The molecule has 0 aliphatic heterocycles. The lowest BCUT2D eigenvalue weighted by atomic mass is 9.93. The fourth-order valence-electron chi connectivity index (χ4n) is 2.87. The molecule has 0 radical (unpaired) electrons. The third-order valence-corrected chi connectivity index (χ3v) is 4.10. The molecule has 0 unspecified atom stereocenters. The summed E-state index contributed by atoms with van der Waals surface area (Å²) in [6, 6.07) is 0. The van der Waals surface area contributed by atoms with Crippen LogP contribution in [0.25, 0.3) is 21.5 Å². The molecule has 10 nitrogen and oxygen atoms in total. The Labute approximate surface area is 142 Å². The maximum Gasteiger partial charge on any atom is 0.205 e. The molecule has 26 heavy (non-hydrogen) atoms. The van der Waals surface area contributed by atoms with Crippen molar-refractivity contribution in [2.75, 3.05) is 0 Å². The summed E-state index contributed by atoms with van der Waals surface area (Å²) in [6.07, 6.45) is 0.0368. The van der Waals surface area contributed by atoms with Gasteiger partial charge in [-0.05, 0) is 0 Å². The van der Waals surface area contributed by atoms with Gasteiger partial charge in [-0.15, -0.1) is 0 Å². The average molecular weight is 362 g/mol. The minimum absolute atomic E-state index is 0.0184. The molecule has 0 saturated carbocycles. The first-order chi connectivity index (χ1) is 12.2. The van der Waals surface area contributed by atoms with Crippen molar-refractivity contribution < 1.29 is 50.4 Å². The molecule has 0 bridgehead atoms. The Balaban J connectivity index is 2.82. The highest BCUT2D eigenvalue weighted by Crippen LogP contribution is 2.59. The number of carbonyl (C=O) groups is 2. The number of benzene rings is 3. The second-order valence-electron chi connectivity index (χ2n) is 5.35. The summed E-state index contributed by atoms with van der Waals surface area (Å²) in [5, 5.41) is 77.3. The normalized spacial score (nSPS) is 11.1. The number of hydrogen-bond donors (Lipinski definition) is 8. The maximum atomic E-state index is 11.1. The summed E-state index contributed by atoms with van der Waals surface area (Å²) in [6.45, 7) is 0. The van der Waals surface area contributed by atoms with Crippen LogP contribution in [0.3, 0.4) is 0 Å². The largest absolute Gasteiger partial charge is 0.506 e. The fourth-order valence-corrected chi connectivity index (χ4v) is 2.87. The van der Waals surface area contributed by atoms with Crippen molar-refractivity contribution in [1.29, 1.82) is 0 Å². The van der Waals surface area contributed by atoms with E-state index in [1.54, 1.807) is 0 Å². The SMILES string of the molecule is O=Cc1c(C=O)c(O)c2c(O)c3c(O)c(O)c(O)c(O)c3c(O)c2c1O. The lowest BCUT2D eigenvalue weighted by molar-refractivity contribution is 0.109. The van der Waals surface area contributed by atoms with Crippen molar-refractivity contribution in [3.8, 4) is 46.0 Å². The first-order valence-electron chi connectivity index (χ1n) is 6.84. The minimum Gasteiger partial charge on any atom is -0.506 e. The molecule has 0 heterocycles. The number of phenols is 8. The van der Waals surface area contributed by atoms with E-state index in [0.29, 0.717) is 0 Å². The molecule has 0 fully saturated rings. The number of phenolic OH excluding ortho intramolecular Hbond substituents is 8. The number of rotatable bonds is 2. The molecule has 3 aromatic rings. The summed E-state index contributed by atoms with van der Waals surface area (Å²) >= 11 is 0. The van der Waals surface area contributed by atoms with Gasteiger partial charge in [0.2, 0.25) is 11.5 Å². The minimum atomic E-state index is -1.23. The molecular weight excluding hydrogens is 352 g/mol. The number of aromatic hydroxyl groups is 8. The van der Waals surface area contributed by atoms with E-state index in [0.717, 1.165) is 0 Å². The lowest BCUT2D eigenvalue weighted by Crippen LogP contribution is -1.96. The third-order valence-electron chi connectivity index (χ3n) is 4.10. The van der Waals surface area contributed by atoms with Crippen LogP contribution >= 0.6 is 0 Å². The van der Waals surface area contributed by atoms with Gasteiger partial charge in [-0.3, -0.25) is 9.59 Å². The van der Waals surface area contributed by atoms with Gasteiger partial charge in [0.15, 0.2) is 24.1 Å². The van der Waals surface area contributed by atoms with Gasteiger partial charge in [0.05, 0.1) is 32.7 Å². The van der Waals surface area contributed by atoms with Crippen LogP contribution in [-0.2, 0) is 0 Å². The second kappa shape index (κ2) is 5.21. The van der Waals surface area contributed by atoms with E-state index < -0.39 is 78.7 Å². The summed E-state index contributed by atoms with van der Waals surface area (Å²) in [5.74, 6) is -8.88. The molecule has 3 aromatic carbocycles. The Hall–Kier alpha value is -4.08. The van der Waals surface area contributed by atoms with Crippen molar-refractivity contribution in [2.45, 2.75) is 0 Å². The molecule has 3 rings (SSSR count). The van der Waals surface area contributed by atoms with Gasteiger partial charge >= 0.3 is 0 Å². The number of hydrogen-bond acceptors (Lipinski definition) is 10. The molecule has 10 heteroatoms. The van der Waals surface area contributed by atoms with Gasteiger partial charge in [0.1, 0.15) is 23.0 Å². The molecule has 8 N–H and O–H groups in total. The molecule has 0 aliphatic rings. The molecule has 0 spiro atoms. The lowest BCUT2D eigenvalue weighted by Gasteiger charge is -2.17. The molecule has 0 amide bonds. The zero-order chi connectivity index (χ0) is 19.5. The highest BCUT2D eigenvalue weighted by Gasteiger charge is 2.30. The first kappa shape index (κ1) is 16.8. The van der Waals surface area contributed by atoms with Crippen molar-refractivity contribution >= 4 is 34.1 Å². The van der Waals surface area contributed by atoms with E-state index in [4.69, 9.17) is 0 Å². The van der Waals surface area contributed by atoms with Crippen LogP contribution in [0.15, 0.2) is 0 Å². The average Bonchev–Trinajstić information content (AvgIpc) is 2.61. The molecule has 0 atom stereocenters. The number of carbonyl (C=O) groups excluding carboxylic acids is 2. The molecular formula is C16H10O10. The zero-order valence-corrected chi connectivity index (χ0v) is 12.5. The van der Waals surface area contributed by atoms with E-state index >= 15 is 0 Å². The van der Waals surface area contributed by atoms with Gasteiger partial charge < -0.3 is 40.9 Å². The third kappa shape index (κ3) is 1.75. The van der Waals surface area contributed by atoms with E-state index in [1.165, 1.54) is 0 Å². The summed E-state index contributed by atoms with van der Waals surface area (Å²) in [7, 11) is 0. The van der Waals surface area contributed by atoms with Gasteiger partial charge in [-0.1, -0.05) is 0 Å².